The first-order valence-corrected chi connectivity index (χ1v) is 10.7. The van der Waals surface area contributed by atoms with Gasteiger partial charge in [-0.15, -0.1) is 0 Å². The molecule has 0 spiro atoms. The fourth-order valence-corrected chi connectivity index (χ4v) is 5.01. The molecule has 0 unspecified atom stereocenters. The number of hydrogen-bond donors (Lipinski definition) is 0. The Morgan fingerprint density at radius 1 is 1.07 bits per heavy atom. The van der Waals surface area contributed by atoms with Gasteiger partial charge in [0.2, 0.25) is 0 Å². The lowest BCUT2D eigenvalue weighted by Gasteiger charge is -2.30. The number of likely N-dealkylation sites (N-methyl/N-ethyl adjacent to an activating group) is 1. The van der Waals surface area contributed by atoms with Crippen LogP contribution < -0.4 is 4.90 Å². The van der Waals surface area contributed by atoms with Crippen LogP contribution in [0.3, 0.4) is 0 Å². The van der Waals surface area contributed by atoms with Crippen molar-refractivity contribution in [2.24, 2.45) is 0 Å². The van der Waals surface area contributed by atoms with E-state index in [1.165, 1.54) is 43.4 Å². The molecular formula is C22H29N3OS. The van der Waals surface area contributed by atoms with Gasteiger partial charge in [-0.1, -0.05) is 25.3 Å². The minimum Gasteiger partial charge on any atom is -0.371 e. The van der Waals surface area contributed by atoms with Crippen molar-refractivity contribution in [2.45, 2.75) is 57.9 Å². The first kappa shape index (κ1) is 18.5. The maximum absolute atomic E-state index is 13.1. The van der Waals surface area contributed by atoms with Gasteiger partial charge in [-0.2, -0.15) is 0 Å². The molecule has 0 aromatic heterocycles. The molecule has 2 heterocycles. The maximum Gasteiger partial charge on any atom is 0.277 e. The number of carbonyl (C=O) groups is 1. The number of benzene rings is 1. The molecule has 5 heteroatoms. The van der Waals surface area contributed by atoms with Crippen molar-refractivity contribution in [3.05, 3.63) is 35.0 Å². The highest BCUT2D eigenvalue weighted by Gasteiger charge is 2.40. The number of anilines is 1. The van der Waals surface area contributed by atoms with Crippen molar-refractivity contribution in [3.63, 3.8) is 0 Å². The molecule has 2 aliphatic heterocycles. The van der Waals surface area contributed by atoms with Crippen LogP contribution in [0.15, 0.2) is 23.9 Å². The van der Waals surface area contributed by atoms with Crippen LogP contribution >= 0.6 is 12.2 Å². The lowest BCUT2D eigenvalue weighted by molar-refractivity contribution is -0.124. The Kier molecular flexibility index (Phi) is 5.22. The van der Waals surface area contributed by atoms with Gasteiger partial charge in [0.1, 0.15) is 5.70 Å². The first-order chi connectivity index (χ1) is 13.1. The highest BCUT2D eigenvalue weighted by atomic mass is 32.1. The topological polar surface area (TPSA) is 26.8 Å². The van der Waals surface area contributed by atoms with Crippen LogP contribution in [0, 0.1) is 6.92 Å². The summed E-state index contributed by atoms with van der Waals surface area (Å²) in [6.45, 7) is 4.45. The molecular weight excluding hydrogens is 354 g/mol. The van der Waals surface area contributed by atoms with E-state index in [2.05, 4.69) is 30.0 Å². The molecule has 2 saturated heterocycles. The summed E-state index contributed by atoms with van der Waals surface area (Å²) < 4.78 is 0. The zero-order chi connectivity index (χ0) is 19.0. The number of hydrogen-bond acceptors (Lipinski definition) is 3. The van der Waals surface area contributed by atoms with Crippen molar-refractivity contribution in [1.82, 2.24) is 9.80 Å². The van der Waals surface area contributed by atoms with E-state index in [0.29, 0.717) is 10.8 Å². The number of aryl methyl sites for hydroxylation is 1. The third kappa shape index (κ3) is 3.49. The molecule has 0 atom stereocenters. The summed E-state index contributed by atoms with van der Waals surface area (Å²) in [6, 6.07) is 6.78. The molecule has 3 fully saturated rings. The van der Waals surface area contributed by atoms with Gasteiger partial charge in [0.15, 0.2) is 5.11 Å². The van der Waals surface area contributed by atoms with Gasteiger partial charge in [0.05, 0.1) is 0 Å². The number of rotatable bonds is 3. The second kappa shape index (κ2) is 7.63. The molecule has 1 aliphatic carbocycles. The Labute approximate surface area is 167 Å². The zero-order valence-electron chi connectivity index (χ0n) is 16.4. The molecule has 4 nitrogen and oxygen atoms in total. The summed E-state index contributed by atoms with van der Waals surface area (Å²) in [5, 5.41) is 0.656. The molecule has 144 valence electrons. The lowest BCUT2D eigenvalue weighted by atomic mass is 9.94. The molecule has 0 bridgehead atoms. The average Bonchev–Trinajstić information content (AvgIpc) is 3.27. The Balaban J connectivity index is 1.58. The molecule has 0 N–H and O–H groups in total. The predicted molar refractivity (Wildman–Crippen MR) is 115 cm³/mol. The minimum absolute atomic E-state index is 0.0654. The van der Waals surface area contributed by atoms with Gasteiger partial charge in [-0.3, -0.25) is 9.69 Å². The lowest BCUT2D eigenvalue weighted by Crippen LogP contribution is -2.41. The summed E-state index contributed by atoms with van der Waals surface area (Å²) in [6.07, 6.45) is 10.3. The van der Waals surface area contributed by atoms with Crippen molar-refractivity contribution >= 4 is 35.0 Å². The Bertz CT molecular complexity index is 776. The van der Waals surface area contributed by atoms with E-state index in [9.17, 15) is 4.79 Å². The fraction of sp³-hybridized carbons (Fsp3) is 0.545. The normalized spacial score (nSPS) is 23.2. The third-order valence-electron chi connectivity index (χ3n) is 6.20. The van der Waals surface area contributed by atoms with Crippen LogP contribution in [0.25, 0.3) is 6.08 Å². The van der Waals surface area contributed by atoms with Gasteiger partial charge in [0.25, 0.3) is 5.91 Å². The molecule has 1 amide bonds. The van der Waals surface area contributed by atoms with Crippen molar-refractivity contribution in [2.75, 3.05) is 25.0 Å². The summed E-state index contributed by atoms with van der Waals surface area (Å²) in [4.78, 5) is 19.3. The number of nitrogens with zero attached hydrogens (tertiary/aromatic N) is 3. The van der Waals surface area contributed by atoms with E-state index >= 15 is 0 Å². The summed E-state index contributed by atoms with van der Waals surface area (Å²) in [5.41, 5.74) is 4.35. The second-order valence-corrected chi connectivity index (χ2v) is 8.44. The van der Waals surface area contributed by atoms with Gasteiger partial charge >= 0.3 is 0 Å². The summed E-state index contributed by atoms with van der Waals surface area (Å²) >= 11 is 5.62. The SMILES string of the molecule is Cc1cc(C=C2C(=O)N(C3CCCCC3)C(=S)N2C)ccc1N1CCCC1. The average molecular weight is 384 g/mol. The van der Waals surface area contributed by atoms with Crippen LogP contribution in [0.2, 0.25) is 0 Å². The largest absolute Gasteiger partial charge is 0.371 e. The number of thiocarbonyl (C=S) groups is 1. The molecule has 1 aromatic carbocycles. The van der Waals surface area contributed by atoms with E-state index < -0.39 is 0 Å². The number of amides is 1. The summed E-state index contributed by atoms with van der Waals surface area (Å²) in [7, 11) is 1.92. The Hall–Kier alpha value is -1.88. The van der Waals surface area contributed by atoms with E-state index in [-0.39, 0.29) is 11.9 Å². The van der Waals surface area contributed by atoms with Crippen LogP contribution in [-0.4, -0.2) is 47.0 Å². The van der Waals surface area contributed by atoms with Crippen LogP contribution in [0.4, 0.5) is 5.69 Å². The highest BCUT2D eigenvalue weighted by Crippen LogP contribution is 2.31. The van der Waals surface area contributed by atoms with Gasteiger partial charge in [-0.05, 0) is 74.2 Å². The van der Waals surface area contributed by atoms with Crippen molar-refractivity contribution in [1.29, 1.82) is 0 Å². The maximum atomic E-state index is 13.1. The van der Waals surface area contributed by atoms with Crippen LogP contribution in [0.5, 0.6) is 0 Å². The molecule has 4 rings (SSSR count). The molecule has 1 aromatic rings. The molecule has 3 aliphatic rings. The van der Waals surface area contributed by atoms with E-state index in [4.69, 9.17) is 12.2 Å². The van der Waals surface area contributed by atoms with Gasteiger partial charge in [0, 0.05) is 31.9 Å². The molecule has 1 saturated carbocycles. The van der Waals surface area contributed by atoms with E-state index in [1.54, 1.807) is 0 Å². The Morgan fingerprint density at radius 3 is 2.44 bits per heavy atom. The molecule has 27 heavy (non-hydrogen) atoms. The highest BCUT2D eigenvalue weighted by molar-refractivity contribution is 7.80. The van der Waals surface area contributed by atoms with Gasteiger partial charge < -0.3 is 9.80 Å². The van der Waals surface area contributed by atoms with E-state index in [1.807, 2.05) is 22.9 Å². The predicted octanol–water partition coefficient (Wildman–Crippen LogP) is 4.33. The van der Waals surface area contributed by atoms with Crippen LogP contribution in [0.1, 0.15) is 56.1 Å². The number of carbonyl (C=O) groups excluding carboxylic acids is 1. The molecule has 0 radical (unpaired) electrons. The minimum atomic E-state index is 0.0654. The quantitative estimate of drug-likeness (QED) is 0.573. The van der Waals surface area contributed by atoms with Crippen molar-refractivity contribution in [3.8, 4) is 0 Å². The fourth-order valence-electron chi connectivity index (χ4n) is 4.68. The van der Waals surface area contributed by atoms with E-state index in [0.717, 1.165) is 31.5 Å². The van der Waals surface area contributed by atoms with Gasteiger partial charge in [-0.25, -0.2) is 0 Å². The van der Waals surface area contributed by atoms with Crippen molar-refractivity contribution < 1.29 is 4.79 Å². The zero-order valence-corrected chi connectivity index (χ0v) is 17.2. The monoisotopic (exact) mass is 383 g/mol. The third-order valence-corrected chi connectivity index (χ3v) is 6.67. The summed E-state index contributed by atoms with van der Waals surface area (Å²) in [5.74, 6) is 0.0654. The second-order valence-electron chi connectivity index (χ2n) is 8.08. The van der Waals surface area contributed by atoms with Crippen LogP contribution in [-0.2, 0) is 4.79 Å². The first-order valence-electron chi connectivity index (χ1n) is 10.2. The smallest absolute Gasteiger partial charge is 0.277 e. The Morgan fingerprint density at radius 2 is 1.78 bits per heavy atom. The standard InChI is InChI=1S/C22H29N3OS/c1-16-14-17(10-11-19(16)24-12-6-7-13-24)15-20-21(26)25(22(27)23(20)2)18-8-4-3-5-9-18/h10-11,14-15,18H,3-9,12-13H2,1-2H3.